The van der Waals surface area contributed by atoms with E-state index in [1.807, 2.05) is 24.3 Å². The van der Waals surface area contributed by atoms with Crippen LogP contribution in [-0.2, 0) is 26.0 Å². The second-order valence-electron chi connectivity index (χ2n) is 22.5. The summed E-state index contributed by atoms with van der Waals surface area (Å²) in [5.41, 5.74) is 5.70. The molecule has 0 unspecified atom stereocenters. The minimum Gasteiger partial charge on any atom is -0.489 e. The molecule has 4 atom stereocenters. The zero-order chi connectivity index (χ0) is 54.2. The maximum absolute atomic E-state index is 14.9. The van der Waals surface area contributed by atoms with Crippen LogP contribution in [-0.4, -0.2) is 129 Å². The number of nitrogens with one attached hydrogen (secondary N) is 3. The van der Waals surface area contributed by atoms with Gasteiger partial charge >= 0.3 is 0 Å². The molecule has 7 aliphatic rings. The van der Waals surface area contributed by atoms with Crippen molar-refractivity contribution < 1.29 is 45.9 Å². The summed E-state index contributed by atoms with van der Waals surface area (Å²) >= 11 is 0. The third kappa shape index (κ3) is 9.80. The number of carbonyl (C=O) groups excluding carboxylic acids is 1. The standard InChI is InChI=1S/C58H63F2N9O9S/c1-35-4-2-3-5-42(35)51-32-65(31-36-6-9-44(59)45(60)24-36)19-20-67(51)40-29-58(30-40)14-17-66(18-15-58)39-7-8-43(48(26-39)68-47-13-23-76-34-53(47)78-57-50(68)25-38-10-16-61-55(38)63-57)56(70)64-79(73,74)41-27-49(69(71)72)54-52(28-41)77-33-46(62-54)37-11-21-75-22-12-37/h2-10,16,24-28,37,40,46-47,51,53,62H,11-15,17-23,29-34H2,1H3,(H,61,63)(H,64,70)/t46-,47+,51+,53+/m1/s1. The molecule has 6 aromatic rings. The van der Waals surface area contributed by atoms with Crippen LogP contribution >= 0.6 is 0 Å². The Labute approximate surface area is 456 Å². The second-order valence-corrected chi connectivity index (χ2v) is 24.2. The van der Waals surface area contributed by atoms with Crippen molar-refractivity contribution in [3.05, 3.63) is 135 Å². The fraction of sp³-hybridized carbons (Fsp3) is 0.448. The first-order chi connectivity index (χ1) is 38.3. The number of nitro groups is 1. The first kappa shape index (κ1) is 51.5. The number of ether oxygens (including phenoxy) is 4. The summed E-state index contributed by atoms with van der Waals surface area (Å²) in [4.78, 5) is 43.8. The van der Waals surface area contributed by atoms with Gasteiger partial charge in [-0.1, -0.05) is 30.3 Å². The van der Waals surface area contributed by atoms with Crippen LogP contribution < -0.4 is 29.3 Å². The monoisotopic (exact) mass is 1100 g/mol. The number of benzene rings is 4. The van der Waals surface area contributed by atoms with Crippen LogP contribution in [0.3, 0.4) is 0 Å². The van der Waals surface area contributed by atoms with E-state index >= 15 is 0 Å². The highest BCUT2D eigenvalue weighted by molar-refractivity contribution is 7.90. The van der Waals surface area contributed by atoms with Crippen LogP contribution in [0.1, 0.15) is 78.0 Å². The number of piperazine rings is 1. The Hall–Kier alpha value is -6.91. The van der Waals surface area contributed by atoms with E-state index in [4.69, 9.17) is 23.9 Å². The second kappa shape index (κ2) is 20.6. The predicted molar refractivity (Wildman–Crippen MR) is 292 cm³/mol. The Bertz CT molecular complexity index is 3450. The van der Waals surface area contributed by atoms with E-state index in [1.54, 1.807) is 18.3 Å². The van der Waals surface area contributed by atoms with Crippen LogP contribution in [0.25, 0.3) is 11.0 Å². The van der Waals surface area contributed by atoms with Crippen LogP contribution in [0.2, 0.25) is 0 Å². The van der Waals surface area contributed by atoms with Crippen molar-refractivity contribution in [1.29, 1.82) is 0 Å². The average molecular weight is 1100 g/mol. The topological polar surface area (TPSA) is 197 Å². The number of aromatic amines is 1. The lowest BCUT2D eigenvalue weighted by Gasteiger charge is -2.58. The van der Waals surface area contributed by atoms with Crippen molar-refractivity contribution in [1.82, 2.24) is 24.5 Å². The number of nitrogens with zero attached hydrogens (tertiary/aromatic N) is 6. The van der Waals surface area contributed by atoms with Gasteiger partial charge in [0.1, 0.15) is 24.0 Å². The number of aryl methyl sites for hydroxylation is 1. The highest BCUT2D eigenvalue weighted by Crippen LogP contribution is 2.54. The van der Waals surface area contributed by atoms with E-state index in [9.17, 15) is 32.1 Å². The van der Waals surface area contributed by atoms with Crippen molar-refractivity contribution in [3.63, 3.8) is 0 Å². The Morgan fingerprint density at radius 2 is 1.71 bits per heavy atom. The zero-order valence-electron chi connectivity index (χ0n) is 43.9. The number of pyridine rings is 1. The number of amides is 1. The number of H-pyrrole nitrogens is 1. The lowest BCUT2D eigenvalue weighted by Crippen LogP contribution is -2.59. The fourth-order valence-corrected chi connectivity index (χ4v) is 14.6. The molecule has 8 heterocycles. The molecule has 5 fully saturated rings. The summed E-state index contributed by atoms with van der Waals surface area (Å²) in [6.07, 6.45) is 7.45. The normalized spacial score (nSPS) is 23.6. The van der Waals surface area contributed by atoms with Gasteiger partial charge in [-0.05, 0) is 122 Å². The van der Waals surface area contributed by atoms with Gasteiger partial charge in [-0.2, -0.15) is 4.98 Å². The maximum atomic E-state index is 14.9. The van der Waals surface area contributed by atoms with Gasteiger partial charge in [0, 0.05) is 101 Å². The van der Waals surface area contributed by atoms with Crippen LogP contribution in [0, 0.1) is 40.0 Å². The molecular weight excluding hydrogens is 1040 g/mol. The summed E-state index contributed by atoms with van der Waals surface area (Å²) < 4.78 is 83.2. The molecule has 4 aromatic carbocycles. The molecule has 1 spiro atoms. The molecule has 3 N–H and O–H groups in total. The number of aromatic nitrogens is 2. The first-order valence-electron chi connectivity index (χ1n) is 27.5. The van der Waals surface area contributed by atoms with E-state index in [0.717, 1.165) is 94.0 Å². The molecule has 414 valence electrons. The van der Waals surface area contributed by atoms with Gasteiger partial charge in [-0.3, -0.25) is 24.7 Å². The first-order valence-corrected chi connectivity index (χ1v) is 29.0. The summed E-state index contributed by atoms with van der Waals surface area (Å²) in [7, 11) is -4.72. The van der Waals surface area contributed by atoms with Crippen molar-refractivity contribution in [2.24, 2.45) is 11.3 Å². The van der Waals surface area contributed by atoms with E-state index in [1.165, 1.54) is 29.3 Å². The Morgan fingerprint density at radius 1 is 0.899 bits per heavy atom. The molecular formula is C58H63F2N9O9S. The minimum absolute atomic E-state index is 0.0131. The summed E-state index contributed by atoms with van der Waals surface area (Å²) in [6, 6.07) is 24.3. The molecule has 18 nitrogen and oxygen atoms in total. The Morgan fingerprint density at radius 3 is 2.51 bits per heavy atom. The summed E-state index contributed by atoms with van der Waals surface area (Å²) in [5, 5.41) is 16.7. The number of carbonyl (C=O) groups is 1. The number of hydrogen-bond acceptors (Lipinski definition) is 15. The Balaban J connectivity index is 0.771. The molecule has 0 radical (unpaired) electrons. The third-order valence-corrected chi connectivity index (χ3v) is 19.2. The van der Waals surface area contributed by atoms with Gasteiger partial charge in [0.15, 0.2) is 23.1 Å². The van der Waals surface area contributed by atoms with E-state index in [2.05, 4.69) is 65.8 Å². The molecule has 4 saturated heterocycles. The van der Waals surface area contributed by atoms with Crippen molar-refractivity contribution in [3.8, 4) is 11.6 Å². The molecule has 13 rings (SSSR count). The van der Waals surface area contributed by atoms with E-state index in [0.29, 0.717) is 61.7 Å². The molecule has 79 heavy (non-hydrogen) atoms. The maximum Gasteiger partial charge on any atom is 0.297 e. The van der Waals surface area contributed by atoms with Crippen molar-refractivity contribution in [2.75, 3.05) is 80.9 Å². The number of fused-ring (bicyclic) bond motifs is 4. The van der Waals surface area contributed by atoms with Crippen molar-refractivity contribution in [2.45, 2.75) is 93.6 Å². The van der Waals surface area contributed by atoms with Gasteiger partial charge in [-0.25, -0.2) is 21.9 Å². The molecule has 2 aromatic heterocycles. The highest BCUT2D eigenvalue weighted by Gasteiger charge is 2.50. The molecule has 1 saturated carbocycles. The van der Waals surface area contributed by atoms with Gasteiger partial charge in [0.2, 0.25) is 5.88 Å². The largest absolute Gasteiger partial charge is 0.489 e. The number of piperidine rings is 1. The van der Waals surface area contributed by atoms with Gasteiger partial charge in [0.25, 0.3) is 21.6 Å². The third-order valence-electron chi connectivity index (χ3n) is 17.9. The van der Waals surface area contributed by atoms with Crippen molar-refractivity contribution >= 4 is 55.4 Å². The fourth-order valence-electron chi connectivity index (χ4n) is 13.6. The molecule has 21 heteroatoms. The predicted octanol–water partition coefficient (Wildman–Crippen LogP) is 8.77. The minimum atomic E-state index is -4.72. The highest BCUT2D eigenvalue weighted by atomic mass is 32.2. The van der Waals surface area contributed by atoms with Gasteiger partial charge in [0.05, 0.1) is 39.8 Å². The molecule has 6 aliphatic heterocycles. The lowest BCUT2D eigenvalue weighted by molar-refractivity contribution is -0.384. The quantitative estimate of drug-likeness (QED) is 0.0822. The summed E-state index contributed by atoms with van der Waals surface area (Å²) in [5.74, 6) is -2.08. The zero-order valence-corrected chi connectivity index (χ0v) is 44.7. The number of halogens is 2. The smallest absolute Gasteiger partial charge is 0.297 e. The van der Waals surface area contributed by atoms with Crippen LogP contribution in [0.5, 0.6) is 11.6 Å². The number of anilines is 4. The van der Waals surface area contributed by atoms with Crippen LogP contribution in [0.15, 0.2) is 96.0 Å². The SMILES string of the molecule is Cc1ccccc1[C@@H]1CN(Cc2ccc(F)c(F)c2)CCN1C1CC2(CCN(c3ccc(C(=O)NS(=O)(=O)c4cc5c(c([N+](=O)[O-])c4)N[C@@H](C4CCOCC4)CO5)c(N4c5cc6cc[nH]c6nc5O[C@H]5COCC[C@@H]54)c3)CC2)C1. The van der Waals surface area contributed by atoms with E-state index < -0.39 is 49.2 Å². The van der Waals surface area contributed by atoms with Crippen LogP contribution in [0.4, 0.5) is 37.2 Å². The Kier molecular flexibility index (Phi) is 13.5. The van der Waals surface area contributed by atoms with Gasteiger partial charge in [-0.15, -0.1) is 0 Å². The lowest BCUT2D eigenvalue weighted by atomic mass is 9.59. The number of rotatable bonds is 11. The molecule has 1 amide bonds. The molecule has 1 aliphatic carbocycles. The number of nitro benzene ring substituents is 1. The van der Waals surface area contributed by atoms with Gasteiger partial charge < -0.3 is 39.0 Å². The molecule has 0 bridgehead atoms. The van der Waals surface area contributed by atoms with E-state index in [-0.39, 0.29) is 59.7 Å². The average Bonchev–Trinajstić information content (AvgIpc) is 4.12. The summed E-state index contributed by atoms with van der Waals surface area (Å²) in [6.45, 7) is 8.73. The number of sulfonamides is 1. The number of hydrogen-bond donors (Lipinski definition) is 3.